The molecule has 68 valence electrons. The Morgan fingerprint density at radius 1 is 0.917 bits per heavy atom. The van der Waals surface area contributed by atoms with Gasteiger partial charge in [0.2, 0.25) is 0 Å². The highest BCUT2D eigenvalue weighted by atomic mass is 14.9. The van der Waals surface area contributed by atoms with Gasteiger partial charge >= 0.3 is 0 Å². The van der Waals surface area contributed by atoms with Crippen LogP contribution in [-0.4, -0.2) is 5.54 Å². The molecular formula is C11H19N. The van der Waals surface area contributed by atoms with E-state index in [0.717, 1.165) is 11.3 Å². The predicted octanol–water partition coefficient (Wildman–Crippen LogP) is 2.45. The van der Waals surface area contributed by atoms with Crippen LogP contribution in [-0.2, 0) is 0 Å². The molecule has 0 aliphatic heterocycles. The molecule has 4 aliphatic rings. The molecule has 4 saturated carbocycles. The molecular weight excluding hydrogens is 146 g/mol. The van der Waals surface area contributed by atoms with Crippen molar-refractivity contribution in [2.75, 3.05) is 0 Å². The monoisotopic (exact) mass is 165 g/mol. The molecule has 2 N–H and O–H groups in total. The van der Waals surface area contributed by atoms with Gasteiger partial charge < -0.3 is 5.73 Å². The Kier molecular flexibility index (Phi) is 1.27. The zero-order valence-electron chi connectivity index (χ0n) is 7.81. The Labute approximate surface area is 74.7 Å². The molecule has 0 spiro atoms. The normalized spacial score (nSPS) is 52.8. The highest BCUT2D eigenvalue weighted by molar-refractivity contribution is 5.23. The van der Waals surface area contributed by atoms with Crippen molar-refractivity contribution < 1.29 is 0 Å². The topological polar surface area (TPSA) is 26.0 Å². The molecule has 0 aromatic rings. The molecule has 0 unspecified atom stereocenters. The van der Waals surface area contributed by atoms with Crippen LogP contribution >= 0.6 is 0 Å². The summed E-state index contributed by atoms with van der Waals surface area (Å²) in [6.07, 6.45) is 11.6. The van der Waals surface area contributed by atoms with Crippen LogP contribution in [0.1, 0.15) is 51.4 Å². The molecule has 4 fully saturated rings. The summed E-state index contributed by atoms with van der Waals surface area (Å²) in [5.41, 5.74) is 7.18. The molecule has 0 atom stereocenters. The van der Waals surface area contributed by atoms with Crippen molar-refractivity contribution in [3.63, 3.8) is 0 Å². The Morgan fingerprint density at radius 3 is 2.00 bits per heavy atom. The highest BCUT2D eigenvalue weighted by Gasteiger charge is 2.67. The van der Waals surface area contributed by atoms with E-state index < -0.39 is 0 Å². The second kappa shape index (κ2) is 2.06. The summed E-state index contributed by atoms with van der Waals surface area (Å²) in [5, 5.41) is 0. The van der Waals surface area contributed by atoms with Gasteiger partial charge in [-0.05, 0) is 43.4 Å². The van der Waals surface area contributed by atoms with Crippen molar-refractivity contribution in [3.05, 3.63) is 0 Å². The van der Waals surface area contributed by atoms with Gasteiger partial charge in [0.05, 0.1) is 0 Å². The molecule has 0 aromatic carbocycles. The second-order valence-corrected chi connectivity index (χ2v) is 5.59. The van der Waals surface area contributed by atoms with Crippen molar-refractivity contribution >= 4 is 0 Å². The van der Waals surface area contributed by atoms with Crippen LogP contribution < -0.4 is 5.73 Å². The fourth-order valence-electron chi connectivity index (χ4n) is 4.10. The summed E-state index contributed by atoms with van der Waals surface area (Å²) < 4.78 is 0. The maximum absolute atomic E-state index is 6.08. The summed E-state index contributed by atoms with van der Waals surface area (Å²) in [6, 6.07) is 0. The lowest BCUT2D eigenvalue weighted by atomic mass is 9.35. The average molecular weight is 165 g/mol. The van der Waals surface area contributed by atoms with E-state index in [0.29, 0.717) is 5.54 Å². The number of rotatable bonds is 1. The van der Waals surface area contributed by atoms with Crippen LogP contribution in [0.25, 0.3) is 0 Å². The van der Waals surface area contributed by atoms with Crippen LogP contribution in [0.5, 0.6) is 0 Å². The quantitative estimate of drug-likeness (QED) is 0.634. The average Bonchev–Trinajstić information content (AvgIpc) is 1.99. The van der Waals surface area contributed by atoms with Gasteiger partial charge in [-0.25, -0.2) is 0 Å². The Hall–Kier alpha value is -0.0400. The van der Waals surface area contributed by atoms with E-state index in [4.69, 9.17) is 5.73 Å². The largest absolute Gasteiger partial charge is 0.325 e. The first kappa shape index (κ1) is 7.37. The lowest BCUT2D eigenvalue weighted by Crippen LogP contribution is -2.74. The summed E-state index contributed by atoms with van der Waals surface area (Å²) >= 11 is 0. The molecule has 12 heavy (non-hydrogen) atoms. The third-order valence-corrected chi connectivity index (χ3v) is 4.58. The predicted molar refractivity (Wildman–Crippen MR) is 49.8 cm³/mol. The SMILES string of the molecule is NC12CC(C3CCCCC3)(C1)C2. The minimum absolute atomic E-state index is 0.331. The van der Waals surface area contributed by atoms with Crippen LogP contribution in [0.2, 0.25) is 0 Å². The smallest absolute Gasteiger partial charge is 0.0170 e. The van der Waals surface area contributed by atoms with E-state index >= 15 is 0 Å². The summed E-state index contributed by atoms with van der Waals surface area (Å²) in [5.74, 6) is 1.07. The minimum Gasteiger partial charge on any atom is -0.325 e. The Morgan fingerprint density at radius 2 is 1.50 bits per heavy atom. The van der Waals surface area contributed by atoms with E-state index in [-0.39, 0.29) is 0 Å². The second-order valence-electron chi connectivity index (χ2n) is 5.59. The summed E-state index contributed by atoms with van der Waals surface area (Å²) in [7, 11) is 0. The van der Waals surface area contributed by atoms with Gasteiger partial charge in [-0.3, -0.25) is 0 Å². The fourth-order valence-corrected chi connectivity index (χ4v) is 4.10. The van der Waals surface area contributed by atoms with Crippen molar-refractivity contribution in [3.8, 4) is 0 Å². The third kappa shape index (κ3) is 0.783. The maximum Gasteiger partial charge on any atom is 0.0170 e. The highest BCUT2D eigenvalue weighted by Crippen LogP contribution is 2.71. The van der Waals surface area contributed by atoms with E-state index in [1.54, 1.807) is 0 Å². The molecule has 4 aliphatic carbocycles. The van der Waals surface area contributed by atoms with Crippen LogP contribution in [0.4, 0.5) is 0 Å². The van der Waals surface area contributed by atoms with Gasteiger partial charge in [-0.2, -0.15) is 0 Å². The standard InChI is InChI=1S/C11H19N/c12-11-6-10(7-11,8-11)9-4-2-1-3-5-9/h9H,1-8,12H2. The maximum atomic E-state index is 6.08. The van der Waals surface area contributed by atoms with E-state index in [1.165, 1.54) is 51.4 Å². The van der Waals surface area contributed by atoms with Gasteiger partial charge in [0.25, 0.3) is 0 Å². The summed E-state index contributed by atoms with van der Waals surface area (Å²) in [4.78, 5) is 0. The number of hydrogen-bond acceptors (Lipinski definition) is 1. The first-order valence-electron chi connectivity index (χ1n) is 5.52. The zero-order chi connectivity index (χ0) is 8.23. The van der Waals surface area contributed by atoms with Crippen LogP contribution in [0, 0.1) is 11.3 Å². The zero-order valence-corrected chi connectivity index (χ0v) is 7.81. The van der Waals surface area contributed by atoms with E-state index in [1.807, 2.05) is 0 Å². The van der Waals surface area contributed by atoms with Gasteiger partial charge in [-0.15, -0.1) is 0 Å². The van der Waals surface area contributed by atoms with Crippen molar-refractivity contribution in [2.45, 2.75) is 56.9 Å². The molecule has 1 nitrogen and oxygen atoms in total. The summed E-state index contributed by atoms with van der Waals surface area (Å²) in [6.45, 7) is 0. The number of nitrogens with two attached hydrogens (primary N) is 1. The van der Waals surface area contributed by atoms with E-state index in [9.17, 15) is 0 Å². The molecule has 0 saturated heterocycles. The molecule has 4 rings (SSSR count). The van der Waals surface area contributed by atoms with Crippen LogP contribution in [0.3, 0.4) is 0 Å². The molecule has 1 heteroatoms. The Balaban J connectivity index is 1.67. The molecule has 0 aromatic heterocycles. The first-order valence-corrected chi connectivity index (χ1v) is 5.52. The minimum atomic E-state index is 0.331. The van der Waals surface area contributed by atoms with Gasteiger partial charge in [-0.1, -0.05) is 19.3 Å². The van der Waals surface area contributed by atoms with Crippen molar-refractivity contribution in [2.24, 2.45) is 17.1 Å². The molecule has 0 amide bonds. The van der Waals surface area contributed by atoms with Crippen molar-refractivity contribution in [1.29, 1.82) is 0 Å². The lowest BCUT2D eigenvalue weighted by Gasteiger charge is -2.72. The van der Waals surface area contributed by atoms with E-state index in [2.05, 4.69) is 0 Å². The Bertz CT molecular complexity index is 183. The third-order valence-electron chi connectivity index (χ3n) is 4.58. The molecule has 2 bridgehead atoms. The fraction of sp³-hybridized carbons (Fsp3) is 1.00. The van der Waals surface area contributed by atoms with Crippen molar-refractivity contribution in [1.82, 2.24) is 0 Å². The first-order chi connectivity index (χ1) is 5.73. The van der Waals surface area contributed by atoms with Gasteiger partial charge in [0.15, 0.2) is 0 Å². The van der Waals surface area contributed by atoms with Crippen LogP contribution in [0.15, 0.2) is 0 Å². The van der Waals surface area contributed by atoms with Gasteiger partial charge in [0, 0.05) is 5.54 Å². The molecule has 0 heterocycles. The molecule has 0 radical (unpaired) electrons. The number of hydrogen-bond donors (Lipinski definition) is 1. The lowest BCUT2D eigenvalue weighted by molar-refractivity contribution is -0.178. The van der Waals surface area contributed by atoms with Gasteiger partial charge in [0.1, 0.15) is 0 Å².